The third kappa shape index (κ3) is 5.99. The van der Waals surface area contributed by atoms with Gasteiger partial charge in [0, 0.05) is 26.1 Å². The highest BCUT2D eigenvalue weighted by Gasteiger charge is 2.23. The van der Waals surface area contributed by atoms with Gasteiger partial charge in [-0.2, -0.15) is 0 Å². The number of likely N-dealkylation sites (tertiary alicyclic amines) is 1. The zero-order chi connectivity index (χ0) is 19.8. The second-order valence-electron chi connectivity index (χ2n) is 7.47. The molecule has 5 heteroatoms. The van der Waals surface area contributed by atoms with Crippen LogP contribution in [0.4, 0.5) is 0 Å². The maximum atomic E-state index is 12.7. The fourth-order valence-electron chi connectivity index (χ4n) is 3.57. The summed E-state index contributed by atoms with van der Waals surface area (Å²) in [5, 5.41) is 0. The number of benzene rings is 2. The molecule has 1 fully saturated rings. The lowest BCUT2D eigenvalue weighted by Gasteiger charge is -2.33. The maximum Gasteiger partial charge on any atom is 0.236 e. The van der Waals surface area contributed by atoms with Crippen molar-refractivity contribution in [2.24, 2.45) is 5.92 Å². The van der Waals surface area contributed by atoms with Crippen LogP contribution >= 0.6 is 0 Å². The minimum Gasteiger partial charge on any atom is -0.497 e. The first-order chi connectivity index (χ1) is 13.6. The van der Waals surface area contributed by atoms with Crippen molar-refractivity contribution in [3.05, 3.63) is 60.2 Å². The zero-order valence-electron chi connectivity index (χ0n) is 16.8. The third-order valence-corrected chi connectivity index (χ3v) is 5.20. The number of carbonyl (C=O) groups excluding carboxylic acids is 1. The monoisotopic (exact) mass is 382 g/mol. The Balaban J connectivity index is 1.44. The number of hydrogen-bond donors (Lipinski definition) is 0. The van der Waals surface area contributed by atoms with Gasteiger partial charge < -0.3 is 14.4 Å². The number of methoxy groups -OCH3 is 1. The van der Waals surface area contributed by atoms with Gasteiger partial charge in [-0.3, -0.25) is 9.69 Å². The van der Waals surface area contributed by atoms with Gasteiger partial charge >= 0.3 is 0 Å². The highest BCUT2D eigenvalue weighted by Crippen LogP contribution is 2.19. The molecule has 0 aliphatic carbocycles. The molecule has 1 amide bonds. The Hall–Kier alpha value is -2.53. The summed E-state index contributed by atoms with van der Waals surface area (Å²) in [5.41, 5.74) is 1.10. The number of para-hydroxylation sites is 1. The van der Waals surface area contributed by atoms with E-state index in [0.29, 0.717) is 25.6 Å². The fourth-order valence-corrected chi connectivity index (χ4v) is 3.57. The lowest BCUT2D eigenvalue weighted by molar-refractivity contribution is -0.132. The molecule has 5 nitrogen and oxygen atoms in total. The van der Waals surface area contributed by atoms with Crippen molar-refractivity contribution < 1.29 is 14.3 Å². The largest absolute Gasteiger partial charge is 0.497 e. The van der Waals surface area contributed by atoms with Gasteiger partial charge in [-0.1, -0.05) is 30.3 Å². The van der Waals surface area contributed by atoms with Crippen LogP contribution in [0.2, 0.25) is 0 Å². The molecule has 1 saturated heterocycles. The molecule has 1 atom stereocenters. The molecule has 1 aliphatic rings. The molecule has 1 heterocycles. The molecule has 3 rings (SSSR count). The van der Waals surface area contributed by atoms with Gasteiger partial charge in [0.2, 0.25) is 5.91 Å². The average Bonchev–Trinajstić information content (AvgIpc) is 2.74. The number of rotatable bonds is 8. The predicted molar refractivity (Wildman–Crippen MR) is 111 cm³/mol. The molecule has 2 aromatic carbocycles. The summed E-state index contributed by atoms with van der Waals surface area (Å²) >= 11 is 0. The summed E-state index contributed by atoms with van der Waals surface area (Å²) in [5.74, 6) is 2.36. The van der Waals surface area contributed by atoms with Crippen LogP contribution < -0.4 is 9.47 Å². The van der Waals surface area contributed by atoms with Crippen molar-refractivity contribution in [2.75, 3.05) is 40.4 Å². The Morgan fingerprint density at radius 3 is 2.57 bits per heavy atom. The van der Waals surface area contributed by atoms with Crippen molar-refractivity contribution in [2.45, 2.75) is 19.4 Å². The number of ether oxygens (including phenoxy) is 2. The Kier molecular flexibility index (Phi) is 7.31. The van der Waals surface area contributed by atoms with Crippen LogP contribution in [-0.2, 0) is 11.3 Å². The predicted octanol–water partition coefficient (Wildman–Crippen LogP) is 3.44. The van der Waals surface area contributed by atoms with Crippen LogP contribution in [0.3, 0.4) is 0 Å². The van der Waals surface area contributed by atoms with E-state index < -0.39 is 0 Å². The van der Waals surface area contributed by atoms with Crippen LogP contribution in [0.15, 0.2) is 54.6 Å². The van der Waals surface area contributed by atoms with E-state index in [1.54, 1.807) is 12.0 Å². The van der Waals surface area contributed by atoms with Crippen molar-refractivity contribution in [3.63, 3.8) is 0 Å². The van der Waals surface area contributed by atoms with Crippen LogP contribution in [0.25, 0.3) is 0 Å². The van der Waals surface area contributed by atoms with E-state index in [1.807, 2.05) is 61.6 Å². The highest BCUT2D eigenvalue weighted by molar-refractivity contribution is 5.78. The molecule has 0 aromatic heterocycles. The Labute approximate surface area is 167 Å². The minimum atomic E-state index is 0.153. The van der Waals surface area contributed by atoms with E-state index in [4.69, 9.17) is 9.47 Å². The molecule has 0 N–H and O–H groups in total. The lowest BCUT2D eigenvalue weighted by atomic mass is 9.99. The Bertz CT molecular complexity index is 733. The number of hydrogen-bond acceptors (Lipinski definition) is 4. The average molecular weight is 383 g/mol. The molecule has 2 aromatic rings. The van der Waals surface area contributed by atoms with Gasteiger partial charge in [0.15, 0.2) is 0 Å². The van der Waals surface area contributed by atoms with Gasteiger partial charge in [-0.15, -0.1) is 0 Å². The molecular formula is C23H30N2O3. The number of amides is 1. The van der Waals surface area contributed by atoms with Crippen molar-refractivity contribution >= 4 is 5.91 Å². The standard InChI is InChI=1S/C23H30N2O3/c1-24(15-19-10-12-21(27-2)13-11-19)23(26)17-25-14-6-7-20(16-25)18-28-22-8-4-3-5-9-22/h3-5,8-13,20H,6-7,14-18H2,1-2H3. The SMILES string of the molecule is COc1ccc(CN(C)C(=O)CN2CCCC(COc3ccccc3)C2)cc1. The number of likely N-dealkylation sites (N-methyl/N-ethyl adjacent to an activating group) is 1. The Morgan fingerprint density at radius 2 is 1.86 bits per heavy atom. The number of piperidine rings is 1. The van der Waals surface area contributed by atoms with Crippen LogP contribution in [0.5, 0.6) is 11.5 Å². The molecular weight excluding hydrogens is 352 g/mol. The molecule has 1 aliphatic heterocycles. The van der Waals surface area contributed by atoms with E-state index in [9.17, 15) is 4.79 Å². The summed E-state index contributed by atoms with van der Waals surface area (Å²) in [4.78, 5) is 16.7. The van der Waals surface area contributed by atoms with Crippen molar-refractivity contribution in [1.29, 1.82) is 0 Å². The Morgan fingerprint density at radius 1 is 1.11 bits per heavy atom. The summed E-state index contributed by atoms with van der Waals surface area (Å²) < 4.78 is 11.1. The molecule has 28 heavy (non-hydrogen) atoms. The first-order valence-electron chi connectivity index (χ1n) is 9.91. The third-order valence-electron chi connectivity index (χ3n) is 5.20. The number of carbonyl (C=O) groups is 1. The maximum absolute atomic E-state index is 12.7. The molecule has 0 bridgehead atoms. The first kappa shape index (κ1) is 20.2. The van der Waals surface area contributed by atoms with Crippen LogP contribution in [0.1, 0.15) is 18.4 Å². The summed E-state index contributed by atoms with van der Waals surface area (Å²) in [6, 6.07) is 17.8. The first-order valence-corrected chi connectivity index (χ1v) is 9.91. The number of nitrogens with zero attached hydrogens (tertiary/aromatic N) is 2. The molecule has 1 unspecified atom stereocenters. The summed E-state index contributed by atoms with van der Waals surface area (Å²) in [6.45, 7) is 3.67. The topological polar surface area (TPSA) is 42.0 Å². The summed E-state index contributed by atoms with van der Waals surface area (Å²) in [6.07, 6.45) is 2.26. The molecule has 0 saturated carbocycles. The smallest absolute Gasteiger partial charge is 0.236 e. The highest BCUT2D eigenvalue weighted by atomic mass is 16.5. The van der Waals surface area contributed by atoms with E-state index in [0.717, 1.165) is 43.0 Å². The van der Waals surface area contributed by atoms with Crippen LogP contribution in [-0.4, -0.2) is 56.1 Å². The summed E-state index contributed by atoms with van der Waals surface area (Å²) in [7, 11) is 3.52. The van der Waals surface area contributed by atoms with E-state index in [2.05, 4.69) is 4.90 Å². The quantitative estimate of drug-likeness (QED) is 0.701. The minimum absolute atomic E-state index is 0.153. The zero-order valence-corrected chi connectivity index (χ0v) is 16.8. The molecule has 0 radical (unpaired) electrons. The van der Waals surface area contributed by atoms with Crippen molar-refractivity contribution in [3.8, 4) is 11.5 Å². The fraction of sp³-hybridized carbons (Fsp3) is 0.435. The molecule has 150 valence electrons. The van der Waals surface area contributed by atoms with Gasteiger partial charge in [0.05, 0.1) is 20.3 Å². The van der Waals surface area contributed by atoms with Gasteiger partial charge in [0.1, 0.15) is 11.5 Å². The van der Waals surface area contributed by atoms with Crippen molar-refractivity contribution in [1.82, 2.24) is 9.80 Å². The molecule has 0 spiro atoms. The van der Waals surface area contributed by atoms with E-state index in [-0.39, 0.29) is 5.91 Å². The second-order valence-corrected chi connectivity index (χ2v) is 7.47. The van der Waals surface area contributed by atoms with Gasteiger partial charge in [0.25, 0.3) is 0 Å². The van der Waals surface area contributed by atoms with Crippen LogP contribution in [0, 0.1) is 5.92 Å². The van der Waals surface area contributed by atoms with E-state index >= 15 is 0 Å². The second kappa shape index (κ2) is 10.1. The lowest BCUT2D eigenvalue weighted by Crippen LogP contribution is -2.44. The van der Waals surface area contributed by atoms with E-state index in [1.165, 1.54) is 0 Å². The van der Waals surface area contributed by atoms with Gasteiger partial charge in [-0.05, 0) is 49.2 Å². The normalized spacial score (nSPS) is 17.1. The van der Waals surface area contributed by atoms with Gasteiger partial charge in [-0.25, -0.2) is 0 Å².